The summed E-state index contributed by atoms with van der Waals surface area (Å²) >= 11 is 0. The summed E-state index contributed by atoms with van der Waals surface area (Å²) in [6.07, 6.45) is 0. The zero-order chi connectivity index (χ0) is 10.6. The number of ether oxygens (including phenoxy) is 2. The molecular weight excluding hydrogens is 178 g/mol. The summed E-state index contributed by atoms with van der Waals surface area (Å²) in [5.74, 6) is 0. The van der Waals surface area contributed by atoms with E-state index in [2.05, 4.69) is 32.6 Å². The van der Waals surface area contributed by atoms with E-state index in [1.54, 1.807) is 0 Å². The Morgan fingerprint density at radius 1 is 1.29 bits per heavy atom. The molecular formula is C11H23NO2. The molecule has 0 radical (unpaired) electrons. The topological polar surface area (TPSA) is 21.7 Å². The molecule has 0 aromatic heterocycles. The van der Waals surface area contributed by atoms with E-state index in [1.807, 2.05) is 0 Å². The van der Waals surface area contributed by atoms with Crippen LogP contribution in [0.2, 0.25) is 0 Å². The molecule has 1 saturated heterocycles. The van der Waals surface area contributed by atoms with Gasteiger partial charge in [0.1, 0.15) is 0 Å². The molecule has 14 heavy (non-hydrogen) atoms. The van der Waals surface area contributed by atoms with Crippen LogP contribution in [0.4, 0.5) is 0 Å². The second kappa shape index (κ2) is 5.10. The fourth-order valence-corrected chi connectivity index (χ4v) is 1.49. The molecule has 0 spiro atoms. The fraction of sp³-hybridized carbons (Fsp3) is 1.00. The van der Waals surface area contributed by atoms with Gasteiger partial charge < -0.3 is 9.47 Å². The van der Waals surface area contributed by atoms with Crippen molar-refractivity contribution in [2.45, 2.75) is 39.3 Å². The van der Waals surface area contributed by atoms with Crippen molar-refractivity contribution in [1.82, 2.24) is 4.90 Å². The fourth-order valence-electron chi connectivity index (χ4n) is 1.49. The Bertz CT molecular complexity index is 159. The Kier molecular flexibility index (Phi) is 4.35. The van der Waals surface area contributed by atoms with Crippen molar-refractivity contribution in [1.29, 1.82) is 0 Å². The standard InChI is InChI=1S/C11H23NO2/c1-10(9-14-11(2,3)4)12-5-7-13-8-6-12/h10H,5-9H2,1-4H3. The third-order valence-corrected chi connectivity index (χ3v) is 2.43. The average molecular weight is 201 g/mol. The largest absolute Gasteiger partial charge is 0.379 e. The minimum Gasteiger partial charge on any atom is -0.379 e. The first-order chi connectivity index (χ1) is 6.49. The predicted octanol–water partition coefficient (Wildman–Crippen LogP) is 1.52. The highest BCUT2D eigenvalue weighted by atomic mass is 16.5. The van der Waals surface area contributed by atoms with Crippen LogP contribution in [0.1, 0.15) is 27.7 Å². The normalized spacial score (nSPS) is 22.3. The van der Waals surface area contributed by atoms with E-state index in [1.165, 1.54) is 0 Å². The van der Waals surface area contributed by atoms with Gasteiger partial charge in [0.2, 0.25) is 0 Å². The van der Waals surface area contributed by atoms with Gasteiger partial charge in [-0.2, -0.15) is 0 Å². The van der Waals surface area contributed by atoms with Gasteiger partial charge in [-0.15, -0.1) is 0 Å². The SMILES string of the molecule is CC(COC(C)(C)C)N1CCOCC1. The van der Waals surface area contributed by atoms with Gasteiger partial charge in [0.25, 0.3) is 0 Å². The van der Waals surface area contributed by atoms with Crippen LogP contribution in [0, 0.1) is 0 Å². The monoisotopic (exact) mass is 201 g/mol. The highest BCUT2D eigenvalue weighted by Crippen LogP contribution is 2.10. The van der Waals surface area contributed by atoms with Crippen LogP contribution in [-0.4, -0.2) is 49.5 Å². The van der Waals surface area contributed by atoms with Gasteiger partial charge in [-0.25, -0.2) is 0 Å². The lowest BCUT2D eigenvalue weighted by Crippen LogP contribution is -2.45. The lowest BCUT2D eigenvalue weighted by Gasteiger charge is -2.33. The van der Waals surface area contributed by atoms with Gasteiger partial charge in [-0.3, -0.25) is 4.90 Å². The third kappa shape index (κ3) is 4.40. The van der Waals surface area contributed by atoms with Crippen molar-refractivity contribution in [2.75, 3.05) is 32.9 Å². The number of hydrogen-bond acceptors (Lipinski definition) is 3. The molecule has 1 rings (SSSR count). The van der Waals surface area contributed by atoms with Gasteiger partial charge in [-0.1, -0.05) is 0 Å². The molecule has 1 unspecified atom stereocenters. The molecule has 0 saturated carbocycles. The third-order valence-electron chi connectivity index (χ3n) is 2.43. The molecule has 1 fully saturated rings. The van der Waals surface area contributed by atoms with Crippen LogP contribution in [-0.2, 0) is 9.47 Å². The summed E-state index contributed by atoms with van der Waals surface area (Å²) in [6.45, 7) is 13.1. The molecule has 0 bridgehead atoms. The molecule has 1 heterocycles. The number of rotatable bonds is 3. The molecule has 84 valence electrons. The summed E-state index contributed by atoms with van der Waals surface area (Å²) in [5.41, 5.74) is -0.0272. The maximum Gasteiger partial charge on any atom is 0.0626 e. The maximum atomic E-state index is 5.76. The lowest BCUT2D eigenvalue weighted by molar-refractivity contribution is -0.0508. The van der Waals surface area contributed by atoms with Crippen LogP contribution in [0.5, 0.6) is 0 Å². The first kappa shape index (κ1) is 12.0. The first-order valence-electron chi connectivity index (χ1n) is 5.45. The van der Waals surface area contributed by atoms with Gasteiger partial charge >= 0.3 is 0 Å². The van der Waals surface area contributed by atoms with Crippen molar-refractivity contribution >= 4 is 0 Å². The molecule has 0 amide bonds. The van der Waals surface area contributed by atoms with Crippen molar-refractivity contribution < 1.29 is 9.47 Å². The number of morpholine rings is 1. The molecule has 0 aromatic carbocycles. The molecule has 1 atom stereocenters. The van der Waals surface area contributed by atoms with E-state index >= 15 is 0 Å². The summed E-state index contributed by atoms with van der Waals surface area (Å²) in [4.78, 5) is 2.43. The summed E-state index contributed by atoms with van der Waals surface area (Å²) in [5, 5.41) is 0. The van der Waals surface area contributed by atoms with Crippen LogP contribution in [0.15, 0.2) is 0 Å². The van der Waals surface area contributed by atoms with Crippen molar-refractivity contribution in [3.05, 3.63) is 0 Å². The quantitative estimate of drug-likeness (QED) is 0.691. The molecule has 1 aliphatic rings. The van der Waals surface area contributed by atoms with Gasteiger partial charge in [0.05, 0.1) is 25.4 Å². The Labute approximate surface area is 87.4 Å². The highest BCUT2D eigenvalue weighted by molar-refractivity contribution is 4.71. The van der Waals surface area contributed by atoms with E-state index in [0.717, 1.165) is 32.9 Å². The van der Waals surface area contributed by atoms with Gasteiger partial charge in [0.15, 0.2) is 0 Å². The van der Waals surface area contributed by atoms with Crippen molar-refractivity contribution in [3.63, 3.8) is 0 Å². The second-order valence-corrected chi connectivity index (χ2v) is 4.92. The minimum absolute atomic E-state index is 0.0272. The Morgan fingerprint density at radius 2 is 1.86 bits per heavy atom. The highest BCUT2D eigenvalue weighted by Gasteiger charge is 2.19. The number of hydrogen-bond donors (Lipinski definition) is 0. The molecule has 0 aliphatic carbocycles. The van der Waals surface area contributed by atoms with Crippen molar-refractivity contribution in [3.8, 4) is 0 Å². The van der Waals surface area contributed by atoms with Gasteiger partial charge in [0, 0.05) is 19.1 Å². The van der Waals surface area contributed by atoms with E-state index in [0.29, 0.717) is 6.04 Å². The Morgan fingerprint density at radius 3 is 2.36 bits per heavy atom. The molecule has 0 aromatic rings. The van der Waals surface area contributed by atoms with Crippen LogP contribution < -0.4 is 0 Å². The maximum absolute atomic E-state index is 5.76. The minimum atomic E-state index is -0.0272. The summed E-state index contributed by atoms with van der Waals surface area (Å²) in [7, 11) is 0. The van der Waals surface area contributed by atoms with E-state index in [-0.39, 0.29) is 5.60 Å². The zero-order valence-electron chi connectivity index (χ0n) is 9.88. The van der Waals surface area contributed by atoms with Crippen molar-refractivity contribution in [2.24, 2.45) is 0 Å². The number of nitrogens with zero attached hydrogens (tertiary/aromatic N) is 1. The molecule has 3 heteroatoms. The first-order valence-corrected chi connectivity index (χ1v) is 5.45. The Hall–Kier alpha value is -0.120. The van der Waals surface area contributed by atoms with E-state index < -0.39 is 0 Å². The van der Waals surface area contributed by atoms with Gasteiger partial charge in [-0.05, 0) is 27.7 Å². The average Bonchev–Trinajstić information content (AvgIpc) is 2.14. The Balaban J connectivity index is 2.23. The zero-order valence-corrected chi connectivity index (χ0v) is 9.88. The second-order valence-electron chi connectivity index (χ2n) is 4.92. The van der Waals surface area contributed by atoms with E-state index in [9.17, 15) is 0 Å². The smallest absolute Gasteiger partial charge is 0.0626 e. The molecule has 1 aliphatic heterocycles. The molecule has 0 N–H and O–H groups in total. The molecule has 3 nitrogen and oxygen atoms in total. The van der Waals surface area contributed by atoms with Crippen LogP contribution in [0.25, 0.3) is 0 Å². The summed E-state index contributed by atoms with van der Waals surface area (Å²) in [6, 6.07) is 0.498. The van der Waals surface area contributed by atoms with Crippen LogP contribution in [0.3, 0.4) is 0 Å². The summed E-state index contributed by atoms with van der Waals surface area (Å²) < 4.78 is 11.1. The predicted molar refractivity (Wildman–Crippen MR) is 57.6 cm³/mol. The lowest BCUT2D eigenvalue weighted by atomic mass is 10.2. The van der Waals surface area contributed by atoms with Crippen LogP contribution >= 0.6 is 0 Å². The van der Waals surface area contributed by atoms with E-state index in [4.69, 9.17) is 9.47 Å².